The molecule has 8 heteroatoms. The zero-order chi connectivity index (χ0) is 23.7. The maximum atomic E-state index is 13.1. The second-order valence-corrected chi connectivity index (χ2v) is 9.98. The van der Waals surface area contributed by atoms with Gasteiger partial charge in [0.05, 0.1) is 5.69 Å². The van der Waals surface area contributed by atoms with Crippen molar-refractivity contribution >= 4 is 18.0 Å². The van der Waals surface area contributed by atoms with Crippen LogP contribution in [0.1, 0.15) is 65.9 Å². The van der Waals surface area contributed by atoms with Gasteiger partial charge in [0.15, 0.2) is 0 Å². The third kappa shape index (κ3) is 5.75. The summed E-state index contributed by atoms with van der Waals surface area (Å²) in [6.45, 7) is 10.4. The molecule has 0 spiro atoms. The van der Waals surface area contributed by atoms with Gasteiger partial charge in [0.1, 0.15) is 17.2 Å². The Morgan fingerprint density at radius 1 is 1.03 bits per heavy atom. The Hall–Kier alpha value is -3.16. The van der Waals surface area contributed by atoms with E-state index in [1.54, 1.807) is 52.4 Å². The molecule has 1 aromatic heterocycles. The summed E-state index contributed by atoms with van der Waals surface area (Å²) in [6, 6.07) is 8.43. The van der Waals surface area contributed by atoms with E-state index in [2.05, 4.69) is 5.10 Å². The van der Waals surface area contributed by atoms with Gasteiger partial charge >= 0.3 is 12.1 Å². The number of nitrogens with zero attached hydrogens (tertiary/aromatic N) is 3. The number of rotatable bonds is 3. The summed E-state index contributed by atoms with van der Waals surface area (Å²) in [7, 11) is 0. The van der Waals surface area contributed by atoms with E-state index >= 15 is 0 Å². The molecule has 2 aromatic rings. The lowest BCUT2D eigenvalue weighted by Gasteiger charge is -2.38. The molecule has 2 heterocycles. The summed E-state index contributed by atoms with van der Waals surface area (Å²) in [4.78, 5) is 39.9. The van der Waals surface area contributed by atoms with Crippen LogP contribution in [0.5, 0.6) is 0 Å². The number of hydrogen-bond acceptors (Lipinski definition) is 6. The number of aromatic nitrogens is 2. The van der Waals surface area contributed by atoms with Crippen LogP contribution in [0.3, 0.4) is 0 Å². The molecule has 0 unspecified atom stereocenters. The maximum Gasteiger partial charge on any atom is 0.417 e. The van der Waals surface area contributed by atoms with Gasteiger partial charge in [0.25, 0.3) is 0 Å². The van der Waals surface area contributed by atoms with Gasteiger partial charge in [-0.25, -0.2) is 19.2 Å². The highest BCUT2D eigenvalue weighted by Crippen LogP contribution is 2.35. The van der Waals surface area contributed by atoms with Crippen molar-refractivity contribution in [2.45, 2.75) is 77.5 Å². The molecule has 32 heavy (non-hydrogen) atoms. The highest BCUT2D eigenvalue weighted by molar-refractivity contribution is 5.98. The fourth-order valence-electron chi connectivity index (χ4n) is 3.65. The molecule has 172 valence electrons. The van der Waals surface area contributed by atoms with E-state index < -0.39 is 35.2 Å². The molecule has 2 amide bonds. The number of hydrogen-bond donors (Lipinski definition) is 0. The number of imide groups is 1. The Morgan fingerprint density at radius 2 is 1.72 bits per heavy atom. The van der Waals surface area contributed by atoms with Crippen molar-refractivity contribution in [3.05, 3.63) is 48.3 Å². The van der Waals surface area contributed by atoms with Gasteiger partial charge < -0.3 is 9.47 Å². The highest BCUT2D eigenvalue weighted by atomic mass is 16.6. The normalized spacial score (nSPS) is 19.6. The van der Waals surface area contributed by atoms with E-state index in [9.17, 15) is 14.4 Å². The van der Waals surface area contributed by atoms with Gasteiger partial charge in [-0.15, -0.1) is 0 Å². The van der Waals surface area contributed by atoms with Gasteiger partial charge in [-0.1, -0.05) is 12.1 Å². The first-order valence-corrected chi connectivity index (χ1v) is 10.7. The Morgan fingerprint density at radius 3 is 2.31 bits per heavy atom. The molecule has 0 N–H and O–H groups in total. The Kier molecular flexibility index (Phi) is 6.44. The number of ether oxygens (including phenoxy) is 2. The largest absolute Gasteiger partial charge is 0.458 e. The summed E-state index contributed by atoms with van der Waals surface area (Å²) in [6.07, 6.45) is 3.03. The summed E-state index contributed by atoms with van der Waals surface area (Å²) in [5, 5.41) is 4.25. The van der Waals surface area contributed by atoms with Crippen molar-refractivity contribution in [3.8, 4) is 5.69 Å². The fraction of sp³-hybridized carbons (Fsp3) is 0.500. The Balaban J connectivity index is 1.91. The van der Waals surface area contributed by atoms with E-state index in [0.29, 0.717) is 0 Å². The van der Waals surface area contributed by atoms with Crippen molar-refractivity contribution in [1.29, 1.82) is 0 Å². The third-order valence-corrected chi connectivity index (χ3v) is 4.89. The van der Waals surface area contributed by atoms with Crippen LogP contribution in [0, 0.1) is 0 Å². The van der Waals surface area contributed by atoms with E-state index in [0.717, 1.165) is 16.2 Å². The minimum absolute atomic E-state index is 0.0844. The molecule has 1 aliphatic heterocycles. The molecule has 0 bridgehead atoms. The molecule has 1 aliphatic rings. The van der Waals surface area contributed by atoms with Crippen LogP contribution in [0.2, 0.25) is 0 Å². The number of carbonyl (C=O) groups excluding carboxylic acids is 3. The number of amides is 2. The Bertz CT molecular complexity index is 986. The number of piperidine rings is 1. The summed E-state index contributed by atoms with van der Waals surface area (Å²) < 4.78 is 12.7. The van der Waals surface area contributed by atoms with Crippen LogP contribution in [0.4, 0.5) is 4.79 Å². The molecule has 0 aliphatic carbocycles. The smallest absolute Gasteiger partial charge is 0.417 e. The zero-order valence-electron chi connectivity index (χ0n) is 19.5. The predicted molar refractivity (Wildman–Crippen MR) is 118 cm³/mol. The van der Waals surface area contributed by atoms with Crippen molar-refractivity contribution in [1.82, 2.24) is 14.7 Å². The molecular weight excluding hydrogens is 410 g/mol. The van der Waals surface area contributed by atoms with Gasteiger partial charge in [-0.2, -0.15) is 5.10 Å². The quantitative estimate of drug-likeness (QED) is 0.662. The molecule has 1 fully saturated rings. The zero-order valence-corrected chi connectivity index (χ0v) is 19.5. The van der Waals surface area contributed by atoms with E-state index in [1.807, 2.05) is 36.5 Å². The lowest BCUT2D eigenvalue weighted by atomic mass is 9.84. The topological polar surface area (TPSA) is 90.7 Å². The van der Waals surface area contributed by atoms with Crippen molar-refractivity contribution in [2.75, 3.05) is 0 Å². The molecule has 3 rings (SSSR count). The van der Waals surface area contributed by atoms with Crippen LogP contribution >= 0.6 is 0 Å². The number of likely N-dealkylation sites (tertiary alicyclic amines) is 1. The molecule has 2 atom stereocenters. The monoisotopic (exact) mass is 441 g/mol. The lowest BCUT2D eigenvalue weighted by molar-refractivity contribution is -0.166. The average molecular weight is 442 g/mol. The van der Waals surface area contributed by atoms with Crippen LogP contribution < -0.4 is 0 Å². The molecule has 1 saturated heterocycles. The summed E-state index contributed by atoms with van der Waals surface area (Å²) >= 11 is 0. The van der Waals surface area contributed by atoms with Crippen LogP contribution in [0.25, 0.3) is 5.69 Å². The van der Waals surface area contributed by atoms with Crippen molar-refractivity contribution in [2.24, 2.45) is 0 Å². The maximum absolute atomic E-state index is 13.1. The fourth-order valence-corrected chi connectivity index (χ4v) is 3.65. The number of benzene rings is 1. The van der Waals surface area contributed by atoms with E-state index in [-0.39, 0.29) is 18.8 Å². The van der Waals surface area contributed by atoms with Crippen molar-refractivity contribution in [3.63, 3.8) is 0 Å². The van der Waals surface area contributed by atoms with Gasteiger partial charge in [0, 0.05) is 18.8 Å². The summed E-state index contributed by atoms with van der Waals surface area (Å²) in [5.41, 5.74) is 0.185. The number of esters is 1. The van der Waals surface area contributed by atoms with Crippen molar-refractivity contribution < 1.29 is 23.9 Å². The minimum atomic E-state index is -1.07. The minimum Gasteiger partial charge on any atom is -0.458 e. The van der Waals surface area contributed by atoms with E-state index in [1.165, 1.54) is 0 Å². The second-order valence-electron chi connectivity index (χ2n) is 9.98. The SMILES string of the molecule is CC(C)(C)OC(=O)[C@H]1C[C@@H](c2cccc(-n3cccn3)c2)CC(=O)N1C(=O)OC(C)(C)C. The highest BCUT2D eigenvalue weighted by Gasteiger charge is 2.45. The summed E-state index contributed by atoms with van der Waals surface area (Å²) in [5.74, 6) is -1.34. The third-order valence-electron chi connectivity index (χ3n) is 4.89. The molecular formula is C24H31N3O5. The first kappa shape index (κ1) is 23.5. The first-order valence-electron chi connectivity index (χ1n) is 10.7. The van der Waals surface area contributed by atoms with Gasteiger partial charge in [0.2, 0.25) is 5.91 Å². The van der Waals surface area contributed by atoms with E-state index in [4.69, 9.17) is 9.47 Å². The Labute approximate surface area is 188 Å². The molecule has 0 saturated carbocycles. The van der Waals surface area contributed by atoms with Crippen LogP contribution in [-0.2, 0) is 19.1 Å². The van der Waals surface area contributed by atoms with Crippen LogP contribution in [0.15, 0.2) is 42.7 Å². The molecule has 8 nitrogen and oxygen atoms in total. The average Bonchev–Trinajstić information content (AvgIpc) is 3.19. The number of carbonyl (C=O) groups is 3. The van der Waals surface area contributed by atoms with Crippen LogP contribution in [-0.4, -0.2) is 49.9 Å². The van der Waals surface area contributed by atoms with Gasteiger partial charge in [-0.05, 0) is 77.6 Å². The lowest BCUT2D eigenvalue weighted by Crippen LogP contribution is -2.55. The molecule has 1 aromatic carbocycles. The second kappa shape index (κ2) is 8.76. The molecule has 0 radical (unpaired) electrons. The predicted octanol–water partition coefficient (Wildman–Crippen LogP) is 4.22. The standard InChI is InChI=1S/C24H31N3O5/c1-23(2,3)31-21(29)19-14-17(15-20(28)27(19)22(30)32-24(4,5)6)16-9-7-10-18(13-16)26-12-8-11-25-26/h7-13,17,19H,14-15H2,1-6H3/t17-,19-/m1/s1. The first-order chi connectivity index (χ1) is 14.8. The van der Waals surface area contributed by atoms with Gasteiger partial charge in [-0.3, -0.25) is 4.79 Å².